The standard InChI is InChI=1S/C23H29ClN2O5S2/c1-4-32-23(33-5-2)18-7-6-9-25(18)22(27)17-11-15-14-21(31-10-8-24)20(30-3)13-16(15)12-19(17)26(28)29/h11-14,18,23H,4-10H2,1-3H3/t18-/m0/s1. The van der Waals surface area contributed by atoms with Gasteiger partial charge in [-0.3, -0.25) is 14.9 Å². The maximum atomic E-state index is 13.6. The summed E-state index contributed by atoms with van der Waals surface area (Å²) in [6.07, 6.45) is 1.81. The first-order valence-electron chi connectivity index (χ1n) is 11.0. The molecule has 180 valence electrons. The summed E-state index contributed by atoms with van der Waals surface area (Å²) in [6.45, 7) is 5.13. The molecule has 10 heteroatoms. The monoisotopic (exact) mass is 512 g/mol. The van der Waals surface area contributed by atoms with Crippen molar-refractivity contribution in [2.24, 2.45) is 0 Å². The number of fused-ring (bicyclic) bond motifs is 1. The van der Waals surface area contributed by atoms with E-state index in [1.54, 1.807) is 18.2 Å². The molecule has 1 fully saturated rings. The number of hydrogen-bond donors (Lipinski definition) is 0. The quantitative estimate of drug-likeness (QED) is 0.162. The zero-order valence-corrected chi connectivity index (χ0v) is 21.4. The first kappa shape index (κ1) is 25.8. The summed E-state index contributed by atoms with van der Waals surface area (Å²) in [7, 11) is 1.51. The third-order valence-corrected chi connectivity index (χ3v) is 8.46. The number of carbonyl (C=O) groups is 1. The van der Waals surface area contributed by atoms with Gasteiger partial charge in [-0.1, -0.05) is 13.8 Å². The van der Waals surface area contributed by atoms with Gasteiger partial charge in [0.25, 0.3) is 11.6 Å². The molecule has 0 spiro atoms. The lowest BCUT2D eigenvalue weighted by Gasteiger charge is -2.31. The van der Waals surface area contributed by atoms with E-state index in [0.717, 1.165) is 24.3 Å². The maximum absolute atomic E-state index is 13.6. The SMILES string of the molecule is CCSC(SCC)[C@@H]1CCCN1C(=O)c1cc2cc(OCCCl)c(OC)cc2cc1[N+](=O)[O-]. The van der Waals surface area contributed by atoms with E-state index >= 15 is 0 Å². The van der Waals surface area contributed by atoms with Gasteiger partial charge in [-0.25, -0.2) is 0 Å². The van der Waals surface area contributed by atoms with Gasteiger partial charge in [0.05, 0.1) is 28.5 Å². The number of ether oxygens (including phenoxy) is 2. The molecule has 1 heterocycles. The molecule has 2 aromatic carbocycles. The Balaban J connectivity index is 2.05. The van der Waals surface area contributed by atoms with E-state index in [9.17, 15) is 14.9 Å². The minimum Gasteiger partial charge on any atom is -0.493 e. The zero-order valence-electron chi connectivity index (χ0n) is 19.0. The van der Waals surface area contributed by atoms with Gasteiger partial charge in [-0.05, 0) is 53.3 Å². The number of rotatable bonds is 11. The minimum absolute atomic E-state index is 0.0567. The van der Waals surface area contributed by atoms with Crippen LogP contribution in [0.2, 0.25) is 0 Å². The first-order chi connectivity index (χ1) is 15.9. The van der Waals surface area contributed by atoms with E-state index in [1.165, 1.54) is 13.2 Å². The molecule has 0 aromatic heterocycles. The van der Waals surface area contributed by atoms with Crippen molar-refractivity contribution < 1.29 is 19.2 Å². The van der Waals surface area contributed by atoms with Crippen LogP contribution in [-0.4, -0.2) is 64.0 Å². The first-order valence-corrected chi connectivity index (χ1v) is 13.6. The van der Waals surface area contributed by atoms with Crippen molar-refractivity contribution >= 4 is 57.5 Å². The maximum Gasteiger partial charge on any atom is 0.282 e. The summed E-state index contributed by atoms with van der Waals surface area (Å²) in [4.78, 5) is 26.9. The summed E-state index contributed by atoms with van der Waals surface area (Å²) in [5, 5.41) is 13.2. The summed E-state index contributed by atoms with van der Waals surface area (Å²) < 4.78 is 11.3. The van der Waals surface area contributed by atoms with Crippen molar-refractivity contribution in [3.8, 4) is 11.5 Å². The highest BCUT2D eigenvalue weighted by Gasteiger charge is 2.37. The Morgan fingerprint density at radius 1 is 1.21 bits per heavy atom. The van der Waals surface area contributed by atoms with Crippen molar-refractivity contribution in [1.29, 1.82) is 0 Å². The highest BCUT2D eigenvalue weighted by Crippen LogP contribution is 2.39. The third-order valence-electron chi connectivity index (χ3n) is 5.54. The molecule has 7 nitrogen and oxygen atoms in total. The van der Waals surface area contributed by atoms with Gasteiger partial charge in [0, 0.05) is 12.6 Å². The number of nitro groups is 1. The molecule has 0 N–H and O–H groups in total. The number of hydrogen-bond acceptors (Lipinski definition) is 7. The number of likely N-dealkylation sites (tertiary alicyclic amines) is 1. The fraction of sp³-hybridized carbons (Fsp3) is 0.522. The molecule has 1 aliphatic heterocycles. The second-order valence-electron chi connectivity index (χ2n) is 7.50. The lowest BCUT2D eigenvalue weighted by molar-refractivity contribution is -0.385. The number of methoxy groups -OCH3 is 1. The average molecular weight is 513 g/mol. The molecule has 0 radical (unpaired) electrons. The van der Waals surface area contributed by atoms with Crippen LogP contribution in [0.4, 0.5) is 5.69 Å². The molecule has 2 aromatic rings. The van der Waals surface area contributed by atoms with Crippen LogP contribution in [0.3, 0.4) is 0 Å². The molecule has 33 heavy (non-hydrogen) atoms. The Morgan fingerprint density at radius 3 is 2.48 bits per heavy atom. The van der Waals surface area contributed by atoms with Crippen LogP contribution in [0.25, 0.3) is 10.8 Å². The van der Waals surface area contributed by atoms with Gasteiger partial charge in [-0.2, -0.15) is 0 Å². The number of alkyl halides is 1. The summed E-state index contributed by atoms with van der Waals surface area (Å²) in [5.74, 6) is 2.88. The van der Waals surface area contributed by atoms with E-state index < -0.39 is 4.92 Å². The molecule has 0 bridgehead atoms. The van der Waals surface area contributed by atoms with Crippen molar-refractivity contribution in [2.75, 3.05) is 37.6 Å². The second kappa shape index (κ2) is 12.0. The normalized spacial score (nSPS) is 15.9. The van der Waals surface area contributed by atoms with Gasteiger partial charge in [0.2, 0.25) is 0 Å². The number of halogens is 1. The molecule has 0 saturated carbocycles. The van der Waals surface area contributed by atoms with Gasteiger partial charge in [-0.15, -0.1) is 35.1 Å². The molecule has 1 saturated heterocycles. The van der Waals surface area contributed by atoms with Crippen molar-refractivity contribution in [3.63, 3.8) is 0 Å². The number of carbonyl (C=O) groups excluding carboxylic acids is 1. The molecular weight excluding hydrogens is 484 g/mol. The predicted molar refractivity (Wildman–Crippen MR) is 137 cm³/mol. The van der Waals surface area contributed by atoms with Crippen molar-refractivity contribution in [3.05, 3.63) is 39.9 Å². The summed E-state index contributed by atoms with van der Waals surface area (Å²) in [6, 6.07) is 6.53. The molecular formula is C23H29ClN2O5S2. The molecule has 0 aliphatic carbocycles. The summed E-state index contributed by atoms with van der Waals surface area (Å²) >= 11 is 9.42. The molecule has 3 rings (SSSR count). The zero-order chi connectivity index (χ0) is 24.0. The lowest BCUT2D eigenvalue weighted by atomic mass is 10.0. The van der Waals surface area contributed by atoms with E-state index in [4.69, 9.17) is 21.1 Å². The number of thioether (sulfide) groups is 2. The Labute approximate surface area is 207 Å². The third kappa shape index (κ3) is 5.81. The Morgan fingerprint density at radius 2 is 1.88 bits per heavy atom. The lowest BCUT2D eigenvalue weighted by Crippen LogP contribution is -2.41. The number of benzene rings is 2. The van der Waals surface area contributed by atoms with Crippen LogP contribution >= 0.6 is 35.1 Å². The van der Waals surface area contributed by atoms with Crippen LogP contribution in [0.15, 0.2) is 24.3 Å². The smallest absolute Gasteiger partial charge is 0.282 e. The van der Waals surface area contributed by atoms with Crippen LogP contribution in [-0.2, 0) is 0 Å². The highest BCUT2D eigenvalue weighted by atomic mass is 35.5. The Kier molecular flexibility index (Phi) is 9.40. The topological polar surface area (TPSA) is 81.9 Å². The Hall–Kier alpha value is -1.84. The Bertz CT molecular complexity index is 1000. The second-order valence-corrected chi connectivity index (χ2v) is 11.0. The minimum atomic E-state index is -0.485. The predicted octanol–water partition coefficient (Wildman–Crippen LogP) is 5.81. The van der Waals surface area contributed by atoms with Gasteiger partial charge in [0.1, 0.15) is 12.2 Å². The number of nitrogens with zero attached hydrogens (tertiary/aromatic N) is 2. The van der Waals surface area contributed by atoms with Gasteiger partial charge < -0.3 is 14.4 Å². The van der Waals surface area contributed by atoms with Crippen LogP contribution < -0.4 is 9.47 Å². The molecule has 1 aliphatic rings. The number of amides is 1. The largest absolute Gasteiger partial charge is 0.493 e. The van der Waals surface area contributed by atoms with Crippen molar-refractivity contribution in [2.45, 2.75) is 37.3 Å². The molecule has 1 atom stereocenters. The average Bonchev–Trinajstić information content (AvgIpc) is 3.30. The fourth-order valence-electron chi connectivity index (χ4n) is 4.12. The van der Waals surface area contributed by atoms with E-state index in [1.807, 2.05) is 28.4 Å². The van der Waals surface area contributed by atoms with Crippen LogP contribution in [0, 0.1) is 10.1 Å². The van der Waals surface area contributed by atoms with E-state index in [0.29, 0.717) is 41.3 Å². The number of nitro benzene ring substituents is 1. The van der Waals surface area contributed by atoms with E-state index in [2.05, 4.69) is 13.8 Å². The molecule has 0 unspecified atom stereocenters. The van der Waals surface area contributed by atoms with Crippen molar-refractivity contribution in [1.82, 2.24) is 4.90 Å². The van der Waals surface area contributed by atoms with E-state index in [-0.39, 0.29) is 27.8 Å². The van der Waals surface area contributed by atoms with Gasteiger partial charge >= 0.3 is 0 Å². The highest BCUT2D eigenvalue weighted by molar-refractivity contribution is 8.17. The fourth-order valence-corrected chi connectivity index (χ4v) is 7.07. The van der Waals surface area contributed by atoms with Gasteiger partial charge in [0.15, 0.2) is 11.5 Å². The van der Waals surface area contributed by atoms with Crippen LogP contribution in [0.5, 0.6) is 11.5 Å². The molecule has 1 amide bonds. The summed E-state index contributed by atoms with van der Waals surface area (Å²) in [5.41, 5.74) is -0.0907. The van der Waals surface area contributed by atoms with Crippen LogP contribution in [0.1, 0.15) is 37.0 Å².